The molecule has 0 aliphatic carbocycles. The molecule has 110 valence electrons. The van der Waals surface area contributed by atoms with Gasteiger partial charge in [-0.25, -0.2) is 13.6 Å². The van der Waals surface area contributed by atoms with E-state index in [4.69, 9.17) is 28.3 Å². The molecule has 1 heterocycles. The fourth-order valence-electron chi connectivity index (χ4n) is 1.95. The van der Waals surface area contributed by atoms with E-state index in [0.717, 1.165) is 6.07 Å². The van der Waals surface area contributed by atoms with Gasteiger partial charge in [-0.15, -0.1) is 0 Å². The maximum absolute atomic E-state index is 12.3. The predicted octanol–water partition coefficient (Wildman–Crippen LogP) is 0.686. The maximum Gasteiger partial charge on any atom is 0.255 e. The molecule has 0 aromatic heterocycles. The van der Waals surface area contributed by atoms with Crippen molar-refractivity contribution in [3.8, 4) is 0 Å². The van der Waals surface area contributed by atoms with Gasteiger partial charge in [0.15, 0.2) is 0 Å². The summed E-state index contributed by atoms with van der Waals surface area (Å²) in [5.41, 5.74) is 0.0852. The van der Waals surface area contributed by atoms with Crippen molar-refractivity contribution in [2.45, 2.75) is 4.90 Å². The summed E-state index contributed by atoms with van der Waals surface area (Å²) in [6, 6.07) is 2.35. The smallest absolute Gasteiger partial charge is 0.255 e. The van der Waals surface area contributed by atoms with Gasteiger partial charge in [0.2, 0.25) is 10.0 Å². The average molecular weight is 338 g/mol. The van der Waals surface area contributed by atoms with Crippen LogP contribution in [0.4, 0.5) is 0 Å². The standard InChI is InChI=1S/C11H13Cl2N3O3S/c12-8-6-9(13)10(20(14,18)19)5-7(8)11(17)16-3-1-15-2-4-16/h5-6,15H,1-4H2,(H2,14,18,19). The van der Waals surface area contributed by atoms with Crippen molar-refractivity contribution < 1.29 is 13.2 Å². The molecule has 1 fully saturated rings. The van der Waals surface area contributed by atoms with Gasteiger partial charge in [0, 0.05) is 26.2 Å². The Hall–Kier alpha value is -0.860. The maximum atomic E-state index is 12.3. The number of hydrogen-bond donors (Lipinski definition) is 2. The molecule has 0 atom stereocenters. The summed E-state index contributed by atoms with van der Waals surface area (Å²) in [6.45, 7) is 2.42. The van der Waals surface area contributed by atoms with E-state index < -0.39 is 10.0 Å². The highest BCUT2D eigenvalue weighted by Crippen LogP contribution is 2.28. The van der Waals surface area contributed by atoms with Crippen molar-refractivity contribution in [3.63, 3.8) is 0 Å². The summed E-state index contributed by atoms with van der Waals surface area (Å²) in [4.78, 5) is 13.6. The molecule has 1 amide bonds. The molecule has 1 aromatic rings. The van der Waals surface area contributed by atoms with Gasteiger partial charge < -0.3 is 10.2 Å². The van der Waals surface area contributed by atoms with Crippen LogP contribution >= 0.6 is 23.2 Å². The van der Waals surface area contributed by atoms with Crippen LogP contribution in [0, 0.1) is 0 Å². The molecule has 0 saturated carbocycles. The number of nitrogens with one attached hydrogen (secondary N) is 1. The fraction of sp³-hybridized carbons (Fsp3) is 0.364. The summed E-state index contributed by atoms with van der Waals surface area (Å²) >= 11 is 11.8. The lowest BCUT2D eigenvalue weighted by Gasteiger charge is -2.27. The highest BCUT2D eigenvalue weighted by atomic mass is 35.5. The minimum atomic E-state index is -4.01. The number of carbonyl (C=O) groups is 1. The van der Waals surface area contributed by atoms with E-state index in [2.05, 4.69) is 5.32 Å². The topological polar surface area (TPSA) is 92.5 Å². The number of amides is 1. The number of benzene rings is 1. The quantitative estimate of drug-likeness (QED) is 0.830. The van der Waals surface area contributed by atoms with E-state index in [1.807, 2.05) is 0 Å². The summed E-state index contributed by atoms with van der Waals surface area (Å²) in [5, 5.41) is 8.18. The second-order valence-corrected chi connectivity index (χ2v) is 6.69. The molecule has 0 bridgehead atoms. The van der Waals surface area contributed by atoms with Crippen molar-refractivity contribution in [1.82, 2.24) is 10.2 Å². The van der Waals surface area contributed by atoms with Crippen molar-refractivity contribution in [1.29, 1.82) is 0 Å². The second-order valence-electron chi connectivity index (χ2n) is 4.35. The van der Waals surface area contributed by atoms with Gasteiger partial charge in [-0.1, -0.05) is 23.2 Å². The zero-order valence-corrected chi connectivity index (χ0v) is 12.7. The highest BCUT2D eigenvalue weighted by molar-refractivity contribution is 7.89. The Morgan fingerprint density at radius 1 is 1.20 bits per heavy atom. The molecule has 1 aromatic carbocycles. The van der Waals surface area contributed by atoms with Crippen LogP contribution in [0.15, 0.2) is 17.0 Å². The molecule has 0 spiro atoms. The Labute approximate surface area is 126 Å². The van der Waals surface area contributed by atoms with Crippen molar-refractivity contribution in [2.24, 2.45) is 5.14 Å². The largest absolute Gasteiger partial charge is 0.336 e. The Bertz CT molecular complexity index is 643. The Morgan fingerprint density at radius 2 is 1.80 bits per heavy atom. The predicted molar refractivity (Wildman–Crippen MR) is 76.6 cm³/mol. The molecule has 9 heteroatoms. The van der Waals surface area contributed by atoms with Crippen LogP contribution in [-0.4, -0.2) is 45.4 Å². The third kappa shape index (κ3) is 3.24. The first kappa shape index (κ1) is 15.5. The first-order chi connectivity index (χ1) is 9.30. The Morgan fingerprint density at radius 3 is 2.35 bits per heavy atom. The van der Waals surface area contributed by atoms with Gasteiger partial charge in [0.25, 0.3) is 5.91 Å². The number of hydrogen-bond acceptors (Lipinski definition) is 4. The van der Waals surface area contributed by atoms with E-state index in [9.17, 15) is 13.2 Å². The molecule has 2 rings (SSSR count). The van der Waals surface area contributed by atoms with Crippen LogP contribution < -0.4 is 10.5 Å². The van der Waals surface area contributed by atoms with E-state index in [0.29, 0.717) is 26.2 Å². The number of primary sulfonamides is 1. The molecular formula is C11H13Cl2N3O3S. The molecule has 1 aliphatic heterocycles. The molecule has 6 nitrogen and oxygen atoms in total. The van der Waals surface area contributed by atoms with E-state index >= 15 is 0 Å². The van der Waals surface area contributed by atoms with Crippen LogP contribution in [0.2, 0.25) is 10.0 Å². The average Bonchev–Trinajstić information content (AvgIpc) is 2.37. The number of rotatable bonds is 2. The Kier molecular flexibility index (Phi) is 4.55. The molecule has 1 saturated heterocycles. The first-order valence-corrected chi connectivity index (χ1v) is 8.13. The number of sulfonamides is 1. The lowest BCUT2D eigenvalue weighted by molar-refractivity contribution is 0.0736. The van der Waals surface area contributed by atoms with Gasteiger partial charge in [-0.2, -0.15) is 0 Å². The second kappa shape index (κ2) is 5.87. The number of halogens is 2. The zero-order valence-electron chi connectivity index (χ0n) is 10.4. The Balaban J connectivity index is 2.43. The zero-order chi connectivity index (χ0) is 14.9. The summed E-state index contributed by atoms with van der Waals surface area (Å²) in [6.07, 6.45) is 0. The summed E-state index contributed by atoms with van der Waals surface area (Å²) in [5.74, 6) is -0.335. The summed E-state index contributed by atoms with van der Waals surface area (Å²) in [7, 11) is -4.01. The lowest BCUT2D eigenvalue weighted by Crippen LogP contribution is -2.46. The number of piperazine rings is 1. The van der Waals surface area contributed by atoms with Crippen LogP contribution in [0.5, 0.6) is 0 Å². The summed E-state index contributed by atoms with van der Waals surface area (Å²) < 4.78 is 22.9. The minimum absolute atomic E-state index is 0.0852. The van der Waals surface area contributed by atoms with Crippen LogP contribution in [-0.2, 0) is 10.0 Å². The molecule has 0 radical (unpaired) electrons. The number of carbonyl (C=O) groups excluding carboxylic acids is 1. The lowest BCUT2D eigenvalue weighted by atomic mass is 10.2. The molecular weight excluding hydrogens is 325 g/mol. The molecule has 3 N–H and O–H groups in total. The van der Waals surface area contributed by atoms with E-state index in [1.54, 1.807) is 4.90 Å². The van der Waals surface area contributed by atoms with Crippen molar-refractivity contribution in [2.75, 3.05) is 26.2 Å². The van der Waals surface area contributed by atoms with E-state index in [-0.39, 0.29) is 26.4 Å². The van der Waals surface area contributed by atoms with Crippen LogP contribution in [0.1, 0.15) is 10.4 Å². The van der Waals surface area contributed by atoms with Crippen molar-refractivity contribution in [3.05, 3.63) is 27.7 Å². The number of nitrogens with two attached hydrogens (primary N) is 1. The van der Waals surface area contributed by atoms with Gasteiger partial charge >= 0.3 is 0 Å². The van der Waals surface area contributed by atoms with Gasteiger partial charge in [-0.3, -0.25) is 4.79 Å². The normalized spacial score (nSPS) is 16.2. The van der Waals surface area contributed by atoms with E-state index in [1.165, 1.54) is 6.07 Å². The minimum Gasteiger partial charge on any atom is -0.336 e. The van der Waals surface area contributed by atoms with Gasteiger partial charge in [0.1, 0.15) is 4.90 Å². The number of nitrogens with zero attached hydrogens (tertiary/aromatic N) is 1. The SMILES string of the molecule is NS(=O)(=O)c1cc(C(=O)N2CCNCC2)c(Cl)cc1Cl. The van der Waals surface area contributed by atoms with Crippen LogP contribution in [0.25, 0.3) is 0 Å². The molecule has 20 heavy (non-hydrogen) atoms. The van der Waals surface area contributed by atoms with Gasteiger partial charge in [-0.05, 0) is 12.1 Å². The molecule has 0 unspecified atom stereocenters. The van der Waals surface area contributed by atoms with Crippen molar-refractivity contribution >= 4 is 39.1 Å². The van der Waals surface area contributed by atoms with Gasteiger partial charge in [0.05, 0.1) is 15.6 Å². The molecule has 1 aliphatic rings. The first-order valence-electron chi connectivity index (χ1n) is 5.82. The monoisotopic (exact) mass is 337 g/mol. The van der Waals surface area contributed by atoms with Crippen LogP contribution in [0.3, 0.4) is 0 Å². The fourth-order valence-corrected chi connectivity index (χ4v) is 3.35. The highest BCUT2D eigenvalue weighted by Gasteiger charge is 2.24. The third-order valence-corrected chi connectivity index (χ3v) is 4.65. The third-order valence-electron chi connectivity index (χ3n) is 2.96.